The minimum Gasteiger partial charge on any atom is -0.378 e. The summed E-state index contributed by atoms with van der Waals surface area (Å²) >= 11 is 0. The van der Waals surface area contributed by atoms with Crippen molar-refractivity contribution >= 4 is 10.0 Å². The molecule has 1 aromatic heterocycles. The van der Waals surface area contributed by atoms with Crippen LogP contribution in [0, 0.1) is 0 Å². The van der Waals surface area contributed by atoms with E-state index in [4.69, 9.17) is 4.74 Å². The maximum absolute atomic E-state index is 12.6. The maximum atomic E-state index is 12.6. The molecule has 6 nitrogen and oxygen atoms in total. The van der Waals surface area contributed by atoms with Crippen LogP contribution in [0.1, 0.15) is 24.6 Å². The van der Waals surface area contributed by atoms with Crippen LogP contribution >= 0.6 is 0 Å². The van der Waals surface area contributed by atoms with Crippen LogP contribution < -0.4 is 0 Å². The highest BCUT2D eigenvalue weighted by atomic mass is 32.2. The Morgan fingerprint density at radius 2 is 2.05 bits per heavy atom. The zero-order valence-corrected chi connectivity index (χ0v) is 12.5. The summed E-state index contributed by atoms with van der Waals surface area (Å²) in [5.41, 5.74) is -0.958. The molecule has 0 saturated carbocycles. The summed E-state index contributed by atoms with van der Waals surface area (Å²) in [6.07, 6.45) is -2.03. The number of piperidine rings is 1. The number of sulfonamides is 1. The molecule has 3 rings (SSSR count). The van der Waals surface area contributed by atoms with Gasteiger partial charge in [-0.25, -0.2) is 8.42 Å². The van der Waals surface area contributed by atoms with Crippen molar-refractivity contribution in [3.63, 3.8) is 0 Å². The summed E-state index contributed by atoms with van der Waals surface area (Å²) in [6.45, 7) is 0.910. The molecule has 0 amide bonds. The minimum atomic E-state index is -4.49. The number of aromatic nitrogens is 2. The fraction of sp³-hybridized carbons (Fsp3) is 0.750. The predicted octanol–water partition coefficient (Wildman–Crippen LogP) is 1.27. The first-order valence-corrected chi connectivity index (χ1v) is 8.48. The second kappa shape index (κ2) is 5.50. The van der Waals surface area contributed by atoms with Crippen LogP contribution in [-0.4, -0.2) is 54.1 Å². The standard InChI is InChI=1S/C12H16F3N3O3S/c13-12(14,15)11-3-5-18(16-11)9-2-1-4-17(6-9)22(19,20)10-7-21-8-10/h3,5,9-10H,1-2,4,6-8H2. The van der Waals surface area contributed by atoms with E-state index in [0.717, 1.165) is 6.07 Å². The van der Waals surface area contributed by atoms with E-state index in [1.54, 1.807) is 0 Å². The van der Waals surface area contributed by atoms with Crippen LogP contribution in [0.3, 0.4) is 0 Å². The molecule has 0 radical (unpaired) electrons. The molecule has 2 saturated heterocycles. The summed E-state index contributed by atoms with van der Waals surface area (Å²) in [7, 11) is -3.44. The van der Waals surface area contributed by atoms with E-state index in [1.807, 2.05) is 0 Å². The van der Waals surface area contributed by atoms with E-state index in [2.05, 4.69) is 5.10 Å². The SMILES string of the molecule is O=S(=O)(C1COC1)N1CCCC(n2ccc(C(F)(F)F)n2)C1. The second-order valence-electron chi connectivity index (χ2n) is 5.54. The summed E-state index contributed by atoms with van der Waals surface area (Å²) in [5, 5.41) is 3.01. The largest absolute Gasteiger partial charge is 0.435 e. The van der Waals surface area contributed by atoms with E-state index in [1.165, 1.54) is 15.2 Å². The van der Waals surface area contributed by atoms with Gasteiger partial charge in [-0.2, -0.15) is 22.6 Å². The molecule has 1 unspecified atom stereocenters. The molecule has 1 atom stereocenters. The van der Waals surface area contributed by atoms with Crippen LogP contribution in [0.25, 0.3) is 0 Å². The summed E-state index contributed by atoms with van der Waals surface area (Å²) in [6, 6.07) is 0.536. The van der Waals surface area contributed by atoms with Gasteiger partial charge in [-0.05, 0) is 18.9 Å². The normalized spacial score (nSPS) is 25.1. The van der Waals surface area contributed by atoms with Gasteiger partial charge in [0.15, 0.2) is 5.69 Å². The molecule has 1 aromatic rings. The number of ether oxygens (including phenoxy) is 1. The van der Waals surface area contributed by atoms with Gasteiger partial charge in [-0.3, -0.25) is 4.68 Å². The van der Waals surface area contributed by atoms with Gasteiger partial charge in [0.25, 0.3) is 0 Å². The van der Waals surface area contributed by atoms with Gasteiger partial charge in [0.2, 0.25) is 10.0 Å². The molecular weight excluding hydrogens is 323 g/mol. The van der Waals surface area contributed by atoms with Gasteiger partial charge in [0.05, 0.1) is 19.3 Å². The Labute approximate surface area is 125 Å². The van der Waals surface area contributed by atoms with Gasteiger partial charge in [0, 0.05) is 19.3 Å². The second-order valence-corrected chi connectivity index (χ2v) is 7.75. The first kappa shape index (κ1) is 15.8. The van der Waals surface area contributed by atoms with Crippen molar-refractivity contribution in [2.75, 3.05) is 26.3 Å². The number of rotatable bonds is 3. The minimum absolute atomic E-state index is 0.151. The number of hydrogen-bond acceptors (Lipinski definition) is 4. The number of hydrogen-bond donors (Lipinski definition) is 0. The Morgan fingerprint density at radius 1 is 1.32 bits per heavy atom. The molecule has 2 aliphatic rings. The lowest BCUT2D eigenvalue weighted by Crippen LogP contribution is -2.51. The molecule has 2 aliphatic heterocycles. The fourth-order valence-corrected chi connectivity index (χ4v) is 4.38. The first-order valence-electron chi connectivity index (χ1n) is 6.97. The van der Waals surface area contributed by atoms with E-state index >= 15 is 0 Å². The fourth-order valence-electron chi connectivity index (χ4n) is 2.66. The van der Waals surface area contributed by atoms with E-state index in [0.29, 0.717) is 19.4 Å². The highest BCUT2D eigenvalue weighted by Crippen LogP contribution is 2.30. The van der Waals surface area contributed by atoms with E-state index in [9.17, 15) is 21.6 Å². The molecule has 0 N–H and O–H groups in total. The molecule has 0 aliphatic carbocycles. The van der Waals surface area contributed by atoms with Crippen molar-refractivity contribution in [1.29, 1.82) is 0 Å². The van der Waals surface area contributed by atoms with Crippen LogP contribution in [0.15, 0.2) is 12.3 Å². The lowest BCUT2D eigenvalue weighted by atomic mass is 10.1. The van der Waals surface area contributed by atoms with Crippen LogP contribution in [0.5, 0.6) is 0 Å². The Bertz CT molecular complexity index is 640. The van der Waals surface area contributed by atoms with Crippen molar-refractivity contribution in [2.45, 2.75) is 30.3 Å². The average Bonchev–Trinajstić information content (AvgIpc) is 2.85. The third-order valence-corrected chi connectivity index (χ3v) is 6.19. The van der Waals surface area contributed by atoms with Crippen molar-refractivity contribution < 1.29 is 26.3 Å². The molecule has 0 spiro atoms. The summed E-state index contributed by atoms with van der Waals surface area (Å²) < 4.78 is 70.0. The number of alkyl halides is 3. The number of nitrogens with zero attached hydrogens (tertiary/aromatic N) is 3. The number of halogens is 3. The molecule has 10 heteroatoms. The molecule has 2 fully saturated rings. The highest BCUT2D eigenvalue weighted by molar-refractivity contribution is 7.89. The van der Waals surface area contributed by atoms with Gasteiger partial charge < -0.3 is 4.74 Å². The zero-order valence-electron chi connectivity index (χ0n) is 11.7. The first-order chi connectivity index (χ1) is 10.3. The Kier molecular flexibility index (Phi) is 3.94. The maximum Gasteiger partial charge on any atom is 0.435 e. The summed E-state index contributed by atoms with van der Waals surface area (Å²) in [4.78, 5) is 0. The Hall–Kier alpha value is -1.13. The average molecular weight is 339 g/mol. The van der Waals surface area contributed by atoms with Crippen molar-refractivity contribution in [3.05, 3.63) is 18.0 Å². The van der Waals surface area contributed by atoms with Crippen molar-refractivity contribution in [1.82, 2.24) is 14.1 Å². The lowest BCUT2D eigenvalue weighted by Gasteiger charge is -2.36. The Balaban J connectivity index is 1.74. The molecule has 3 heterocycles. The highest BCUT2D eigenvalue weighted by Gasteiger charge is 2.40. The van der Waals surface area contributed by atoms with Crippen molar-refractivity contribution in [3.8, 4) is 0 Å². The Morgan fingerprint density at radius 3 is 2.59 bits per heavy atom. The van der Waals surface area contributed by atoms with Gasteiger partial charge in [0.1, 0.15) is 5.25 Å². The van der Waals surface area contributed by atoms with E-state index < -0.39 is 27.1 Å². The van der Waals surface area contributed by atoms with Crippen LogP contribution in [-0.2, 0) is 20.9 Å². The van der Waals surface area contributed by atoms with Crippen LogP contribution in [0.4, 0.5) is 13.2 Å². The third-order valence-electron chi connectivity index (χ3n) is 4.02. The predicted molar refractivity (Wildman–Crippen MR) is 70.6 cm³/mol. The van der Waals surface area contributed by atoms with E-state index in [-0.39, 0.29) is 25.8 Å². The summed E-state index contributed by atoms with van der Waals surface area (Å²) in [5.74, 6) is 0. The quantitative estimate of drug-likeness (QED) is 0.832. The molecule has 0 bridgehead atoms. The van der Waals surface area contributed by atoms with Gasteiger partial charge in [-0.1, -0.05) is 0 Å². The van der Waals surface area contributed by atoms with Gasteiger partial charge in [-0.15, -0.1) is 0 Å². The lowest BCUT2D eigenvalue weighted by molar-refractivity contribution is -0.141. The van der Waals surface area contributed by atoms with Gasteiger partial charge >= 0.3 is 6.18 Å². The van der Waals surface area contributed by atoms with Crippen molar-refractivity contribution in [2.24, 2.45) is 0 Å². The third kappa shape index (κ3) is 2.86. The molecule has 22 heavy (non-hydrogen) atoms. The monoisotopic (exact) mass is 339 g/mol. The van der Waals surface area contributed by atoms with Crippen LogP contribution in [0.2, 0.25) is 0 Å². The molecular formula is C12H16F3N3O3S. The smallest absolute Gasteiger partial charge is 0.378 e. The zero-order chi connectivity index (χ0) is 16.0. The molecule has 0 aromatic carbocycles. The topological polar surface area (TPSA) is 64.4 Å². The molecule has 124 valence electrons.